The number of anilines is 1. The van der Waals surface area contributed by atoms with Crippen LogP contribution in [0.15, 0.2) is 0 Å². The molecule has 2 atom stereocenters. The third-order valence-corrected chi connectivity index (χ3v) is 3.66. The monoisotopic (exact) mass is 268 g/mol. The molecular weight excluding hydrogens is 253 g/mol. The van der Waals surface area contributed by atoms with Crippen molar-refractivity contribution in [2.24, 2.45) is 0 Å². The third kappa shape index (κ3) is 2.86. The zero-order valence-electron chi connectivity index (χ0n) is 11.1. The molecule has 1 N–H and O–H groups in total. The summed E-state index contributed by atoms with van der Waals surface area (Å²) in [5.41, 5.74) is 0. The quantitative estimate of drug-likeness (QED) is 0.887. The first-order valence-corrected chi connectivity index (χ1v) is 5.92. The highest BCUT2D eigenvalue weighted by Crippen LogP contribution is 2.34. The molecule has 0 bridgehead atoms. The van der Waals surface area contributed by atoms with Gasteiger partial charge in [-0.05, 0) is 25.9 Å². The van der Waals surface area contributed by atoms with Crippen LogP contribution in [-0.4, -0.2) is 36.4 Å². The lowest BCUT2D eigenvalue weighted by Crippen LogP contribution is -2.41. The van der Waals surface area contributed by atoms with Gasteiger partial charge < -0.3 is 10.2 Å². The molecule has 1 aliphatic rings. The Labute approximate surface area is 104 Å². The molecule has 0 radical (unpaired) electrons. The second kappa shape index (κ2) is 4.77. The molecule has 1 fully saturated rings. The number of piperidine rings is 1. The van der Waals surface area contributed by atoms with Gasteiger partial charge in [0.25, 0.3) is 0 Å². The van der Waals surface area contributed by atoms with Crippen LogP contribution >= 0.6 is 11.3 Å². The molecule has 1 aromatic heterocycles. The van der Waals surface area contributed by atoms with Gasteiger partial charge in [-0.2, -0.15) is 13.2 Å². The van der Waals surface area contributed by atoms with Gasteiger partial charge >= 0.3 is 6.18 Å². The Morgan fingerprint density at radius 2 is 2.29 bits per heavy atom. The zero-order chi connectivity index (χ0) is 14.2. The van der Waals surface area contributed by atoms with Crippen LogP contribution in [0.4, 0.5) is 18.3 Å². The molecule has 1 aromatic rings. The number of nitrogens with zero attached hydrogens (tertiary/aromatic N) is 3. The molecule has 0 aliphatic carbocycles. The predicted molar refractivity (Wildman–Crippen MR) is 59.2 cm³/mol. The molecule has 0 aromatic carbocycles. The Balaban J connectivity index is 2.07. The van der Waals surface area contributed by atoms with E-state index in [0.717, 1.165) is 0 Å². The number of alkyl halides is 3. The minimum Gasteiger partial charge on any atom is -0.347 e. The van der Waals surface area contributed by atoms with E-state index >= 15 is 0 Å². The Hall–Kier alpha value is -0.890. The Morgan fingerprint density at radius 3 is 2.88 bits per heavy atom. The Morgan fingerprint density at radius 1 is 1.53 bits per heavy atom. The molecule has 0 spiro atoms. The van der Waals surface area contributed by atoms with E-state index in [-0.39, 0.29) is 11.2 Å². The maximum absolute atomic E-state index is 12.4. The molecule has 0 saturated carbocycles. The van der Waals surface area contributed by atoms with Gasteiger partial charge in [-0.25, -0.2) is 0 Å². The van der Waals surface area contributed by atoms with Gasteiger partial charge in [0.05, 0.1) is 0 Å². The van der Waals surface area contributed by atoms with Gasteiger partial charge in [-0.1, -0.05) is 11.3 Å². The van der Waals surface area contributed by atoms with E-state index in [1.165, 1.54) is 5.31 Å². The van der Waals surface area contributed by atoms with Gasteiger partial charge in [-0.3, -0.25) is 0 Å². The van der Waals surface area contributed by atoms with Gasteiger partial charge in [-0.15, -0.1) is 10.2 Å². The fraction of sp³-hybridized carbons (Fsp3) is 0.778. The molecule has 1 aliphatic heterocycles. The van der Waals surface area contributed by atoms with E-state index in [0.29, 0.717) is 30.7 Å². The molecule has 8 heteroatoms. The summed E-state index contributed by atoms with van der Waals surface area (Å²) in [6, 6.07) is -0.0851. The van der Waals surface area contributed by atoms with Crippen molar-refractivity contribution in [3.63, 3.8) is 0 Å². The van der Waals surface area contributed by atoms with E-state index in [1.807, 2.05) is 0 Å². The minimum atomic E-state index is -4.47. The fourth-order valence-electron chi connectivity index (χ4n) is 1.61. The number of aromatic nitrogens is 2. The number of rotatable bonds is 2. The molecule has 96 valence electrons. The summed E-state index contributed by atoms with van der Waals surface area (Å²) in [4.78, 5) is 1.63. The summed E-state index contributed by atoms with van der Waals surface area (Å²) in [5.74, 6) is 0. The topological polar surface area (TPSA) is 41.1 Å². The maximum atomic E-state index is 12.4. The first-order valence-electron chi connectivity index (χ1n) is 6.13. The summed E-state index contributed by atoms with van der Waals surface area (Å²) < 4.78 is 52.5. The summed E-state index contributed by atoms with van der Waals surface area (Å²) in [7, 11) is 1.65. The van der Waals surface area contributed by atoms with Crippen LogP contribution in [0.1, 0.15) is 19.2 Å². The van der Waals surface area contributed by atoms with E-state index in [4.69, 9.17) is 2.78 Å². The molecule has 2 heterocycles. The van der Waals surface area contributed by atoms with Crippen LogP contribution in [-0.2, 0) is 6.18 Å². The van der Waals surface area contributed by atoms with E-state index in [9.17, 15) is 13.2 Å². The first kappa shape index (κ1) is 10.1. The Kier molecular flexibility index (Phi) is 2.83. The lowest BCUT2D eigenvalue weighted by Gasteiger charge is -2.30. The highest BCUT2D eigenvalue weighted by molar-refractivity contribution is 7.15. The third-order valence-electron chi connectivity index (χ3n) is 2.60. The van der Waals surface area contributed by atoms with E-state index < -0.39 is 17.7 Å². The predicted octanol–water partition coefficient (Wildman–Crippen LogP) is 1.75. The molecule has 17 heavy (non-hydrogen) atoms. The SMILES string of the molecule is [2H]C1CC(N(C)c2nnc(C(F)(F)F)s2)CCN1[2H]. The maximum Gasteiger partial charge on any atom is 0.445 e. The largest absolute Gasteiger partial charge is 0.445 e. The molecule has 2 rings (SSSR count). The van der Waals surface area contributed by atoms with Crippen molar-refractivity contribution in [2.75, 3.05) is 25.0 Å². The summed E-state index contributed by atoms with van der Waals surface area (Å²) in [6.07, 6.45) is -3.45. The van der Waals surface area contributed by atoms with E-state index in [1.54, 1.807) is 11.9 Å². The summed E-state index contributed by atoms with van der Waals surface area (Å²) in [5, 5.41) is 7.11. The van der Waals surface area contributed by atoms with Crippen LogP contribution in [0.5, 0.6) is 0 Å². The van der Waals surface area contributed by atoms with Gasteiger partial charge in [0.1, 0.15) is 1.41 Å². The van der Waals surface area contributed by atoms with Gasteiger partial charge in [0, 0.05) is 14.5 Å². The van der Waals surface area contributed by atoms with Gasteiger partial charge in [0.2, 0.25) is 10.1 Å². The molecule has 2 unspecified atom stereocenters. The fourth-order valence-corrected chi connectivity index (χ4v) is 2.35. The zero-order valence-corrected chi connectivity index (χ0v) is 9.92. The highest BCUT2D eigenvalue weighted by atomic mass is 32.1. The lowest BCUT2D eigenvalue weighted by atomic mass is 10.1. The summed E-state index contributed by atoms with van der Waals surface area (Å²) >= 11 is 0.501. The second-order valence-corrected chi connectivity index (χ2v) is 4.72. The van der Waals surface area contributed by atoms with Crippen LogP contribution in [0, 0.1) is 0 Å². The molecule has 4 nitrogen and oxygen atoms in total. The summed E-state index contributed by atoms with van der Waals surface area (Å²) in [6.45, 7) is -0.232. The Bertz CT molecular complexity index is 441. The van der Waals surface area contributed by atoms with Crippen molar-refractivity contribution in [3.8, 4) is 0 Å². The smallest absolute Gasteiger partial charge is 0.347 e. The van der Waals surface area contributed by atoms with E-state index in [2.05, 4.69) is 10.2 Å². The van der Waals surface area contributed by atoms with Gasteiger partial charge in [0.15, 0.2) is 0 Å². The number of hydrogen-bond donors (Lipinski definition) is 1. The van der Waals surface area contributed by atoms with Crippen molar-refractivity contribution >= 4 is 16.5 Å². The van der Waals surface area contributed by atoms with Crippen LogP contribution in [0.2, 0.25) is 1.41 Å². The van der Waals surface area contributed by atoms with Crippen molar-refractivity contribution in [3.05, 3.63) is 5.01 Å². The standard InChI is InChI=1S/C9H13F3N4S/c1-16(6-2-4-13-5-3-6)8-15-14-7(17-8)9(10,11)12/h6,13H,2-5H2,1H3/i4D/hD. The molecule has 0 amide bonds. The first-order chi connectivity index (χ1) is 8.79. The minimum absolute atomic E-state index is 0.0851. The lowest BCUT2D eigenvalue weighted by molar-refractivity contribution is -0.138. The molecule has 1 saturated heterocycles. The van der Waals surface area contributed by atoms with Crippen molar-refractivity contribution in [1.82, 2.24) is 15.5 Å². The second-order valence-electron chi connectivity index (χ2n) is 3.77. The number of nitrogens with one attached hydrogen (secondary N) is 1. The van der Waals surface area contributed by atoms with Crippen LogP contribution in [0.25, 0.3) is 0 Å². The van der Waals surface area contributed by atoms with Crippen molar-refractivity contribution < 1.29 is 16.0 Å². The average Bonchev–Trinajstić information content (AvgIpc) is 2.81. The average molecular weight is 268 g/mol. The van der Waals surface area contributed by atoms with Crippen LogP contribution in [0.3, 0.4) is 0 Å². The van der Waals surface area contributed by atoms with Crippen molar-refractivity contribution in [1.29, 1.82) is 0 Å². The molecular formula is C9H13F3N4S. The normalized spacial score (nSPS) is 28.7. The highest BCUT2D eigenvalue weighted by Gasteiger charge is 2.36. The number of hydrogen-bond acceptors (Lipinski definition) is 5. The van der Waals surface area contributed by atoms with Crippen molar-refractivity contribution in [2.45, 2.75) is 25.1 Å². The number of halogens is 3. The van der Waals surface area contributed by atoms with Crippen LogP contribution < -0.4 is 10.2 Å².